The SMILES string of the molecule is Nc1nn2cc(-c3ccncc3)cnc2c1-c1cc(N2CCCCC2)ncn1. The van der Waals surface area contributed by atoms with Gasteiger partial charge in [-0.1, -0.05) is 0 Å². The van der Waals surface area contributed by atoms with Gasteiger partial charge in [-0.3, -0.25) is 4.98 Å². The maximum absolute atomic E-state index is 6.25. The minimum absolute atomic E-state index is 0.405. The van der Waals surface area contributed by atoms with Crippen LogP contribution in [0.15, 0.2) is 49.3 Å². The molecule has 1 fully saturated rings. The maximum atomic E-state index is 6.25. The smallest absolute Gasteiger partial charge is 0.166 e. The van der Waals surface area contributed by atoms with Gasteiger partial charge in [-0.2, -0.15) is 0 Å². The summed E-state index contributed by atoms with van der Waals surface area (Å²) in [6.45, 7) is 2.04. The highest BCUT2D eigenvalue weighted by atomic mass is 15.3. The van der Waals surface area contributed by atoms with E-state index in [1.54, 1.807) is 23.2 Å². The summed E-state index contributed by atoms with van der Waals surface area (Å²) in [4.78, 5) is 19.9. The van der Waals surface area contributed by atoms with Crippen LogP contribution >= 0.6 is 0 Å². The van der Waals surface area contributed by atoms with E-state index in [1.165, 1.54) is 19.3 Å². The molecule has 0 amide bonds. The fraction of sp³-hybridized carbons (Fsp3) is 0.250. The molecule has 2 N–H and O–H groups in total. The Kier molecular flexibility index (Phi) is 4.08. The normalized spacial score (nSPS) is 14.5. The molecule has 0 unspecified atom stereocenters. The second-order valence-electron chi connectivity index (χ2n) is 6.92. The van der Waals surface area contributed by atoms with Crippen LogP contribution in [0.3, 0.4) is 0 Å². The van der Waals surface area contributed by atoms with Gasteiger partial charge in [0.25, 0.3) is 0 Å². The van der Waals surface area contributed by atoms with Gasteiger partial charge in [0.2, 0.25) is 0 Å². The van der Waals surface area contributed by atoms with Gasteiger partial charge in [0.15, 0.2) is 11.5 Å². The summed E-state index contributed by atoms with van der Waals surface area (Å²) >= 11 is 0. The monoisotopic (exact) mass is 372 g/mol. The third-order valence-corrected chi connectivity index (χ3v) is 5.10. The fourth-order valence-corrected chi connectivity index (χ4v) is 3.67. The van der Waals surface area contributed by atoms with Gasteiger partial charge in [0.1, 0.15) is 12.1 Å². The number of nitrogens with zero attached hydrogens (tertiary/aromatic N) is 7. The number of pyridine rings is 1. The van der Waals surface area contributed by atoms with Gasteiger partial charge in [-0.25, -0.2) is 19.5 Å². The molecule has 1 aliphatic rings. The number of hydrogen-bond acceptors (Lipinski definition) is 7. The van der Waals surface area contributed by atoms with Crippen molar-refractivity contribution in [2.45, 2.75) is 19.3 Å². The predicted molar refractivity (Wildman–Crippen MR) is 108 cm³/mol. The number of fused-ring (bicyclic) bond motifs is 1. The van der Waals surface area contributed by atoms with Crippen LogP contribution < -0.4 is 10.6 Å². The molecule has 28 heavy (non-hydrogen) atoms. The lowest BCUT2D eigenvalue weighted by atomic mass is 10.1. The van der Waals surface area contributed by atoms with Crippen molar-refractivity contribution in [1.29, 1.82) is 0 Å². The van der Waals surface area contributed by atoms with Crippen LogP contribution in [0.5, 0.6) is 0 Å². The fourth-order valence-electron chi connectivity index (χ4n) is 3.67. The summed E-state index contributed by atoms with van der Waals surface area (Å²) in [5, 5.41) is 4.46. The van der Waals surface area contributed by atoms with Crippen molar-refractivity contribution in [1.82, 2.24) is 29.5 Å². The Balaban J connectivity index is 1.57. The lowest BCUT2D eigenvalue weighted by Gasteiger charge is -2.27. The molecule has 5 rings (SSSR count). The predicted octanol–water partition coefficient (Wildman–Crippen LogP) is 2.82. The van der Waals surface area contributed by atoms with Crippen LogP contribution in [0, 0.1) is 0 Å². The molecule has 0 aromatic carbocycles. The van der Waals surface area contributed by atoms with E-state index in [0.717, 1.165) is 41.3 Å². The quantitative estimate of drug-likeness (QED) is 0.590. The number of rotatable bonds is 3. The van der Waals surface area contributed by atoms with Crippen molar-refractivity contribution >= 4 is 17.3 Å². The third kappa shape index (κ3) is 2.92. The zero-order chi connectivity index (χ0) is 18.9. The molecule has 0 atom stereocenters. The van der Waals surface area contributed by atoms with Gasteiger partial charge in [0, 0.05) is 49.5 Å². The van der Waals surface area contributed by atoms with Gasteiger partial charge >= 0.3 is 0 Å². The molecule has 1 saturated heterocycles. The van der Waals surface area contributed by atoms with Crippen molar-refractivity contribution in [3.05, 3.63) is 49.3 Å². The standard InChI is InChI=1S/C20H20N8/c21-19-18(16-10-17(25-13-24-16)27-8-2-1-3-9-27)20-23-11-15(12-28(20)26-19)14-4-6-22-7-5-14/h4-7,10-13H,1-3,8-9H2,(H2,21,26). The van der Waals surface area contributed by atoms with E-state index in [4.69, 9.17) is 5.73 Å². The molecular formula is C20H20N8. The number of hydrogen-bond donors (Lipinski definition) is 1. The molecule has 1 aliphatic heterocycles. The maximum Gasteiger partial charge on any atom is 0.166 e. The number of nitrogen functional groups attached to an aromatic ring is 1. The van der Waals surface area contributed by atoms with Gasteiger partial charge in [-0.15, -0.1) is 5.10 Å². The lowest BCUT2D eigenvalue weighted by molar-refractivity contribution is 0.573. The van der Waals surface area contributed by atoms with Crippen LogP contribution in [0.4, 0.5) is 11.6 Å². The van der Waals surface area contributed by atoms with E-state index in [9.17, 15) is 0 Å². The van der Waals surface area contributed by atoms with E-state index < -0.39 is 0 Å². The van der Waals surface area contributed by atoms with E-state index in [2.05, 4.69) is 29.9 Å². The van der Waals surface area contributed by atoms with E-state index in [-0.39, 0.29) is 0 Å². The average molecular weight is 372 g/mol. The van der Waals surface area contributed by atoms with Crippen molar-refractivity contribution < 1.29 is 0 Å². The Morgan fingerprint density at radius 1 is 0.929 bits per heavy atom. The molecule has 0 aliphatic carbocycles. The van der Waals surface area contributed by atoms with Crippen molar-refractivity contribution in [3.63, 3.8) is 0 Å². The summed E-state index contributed by atoms with van der Waals surface area (Å²) in [6, 6.07) is 5.86. The minimum atomic E-state index is 0.405. The van der Waals surface area contributed by atoms with Gasteiger partial charge < -0.3 is 10.6 Å². The molecule has 4 aromatic rings. The Morgan fingerprint density at radius 2 is 1.75 bits per heavy atom. The second-order valence-corrected chi connectivity index (χ2v) is 6.92. The van der Waals surface area contributed by atoms with Gasteiger partial charge in [-0.05, 0) is 37.0 Å². The summed E-state index contributed by atoms with van der Waals surface area (Å²) < 4.78 is 1.71. The van der Waals surface area contributed by atoms with Crippen LogP contribution in [-0.4, -0.2) is 42.6 Å². The van der Waals surface area contributed by atoms with E-state index >= 15 is 0 Å². The van der Waals surface area contributed by atoms with E-state index in [0.29, 0.717) is 11.5 Å². The topological polar surface area (TPSA) is 98.1 Å². The Bertz CT molecular complexity index is 1120. The number of aromatic nitrogens is 6. The number of anilines is 2. The van der Waals surface area contributed by atoms with Crippen LogP contribution in [0.1, 0.15) is 19.3 Å². The van der Waals surface area contributed by atoms with Crippen LogP contribution in [-0.2, 0) is 0 Å². The Morgan fingerprint density at radius 3 is 2.57 bits per heavy atom. The molecule has 140 valence electrons. The molecule has 0 radical (unpaired) electrons. The van der Waals surface area contributed by atoms with Crippen molar-refractivity contribution in [2.75, 3.05) is 23.7 Å². The molecule has 0 bridgehead atoms. The third-order valence-electron chi connectivity index (χ3n) is 5.10. The van der Waals surface area contributed by atoms with Gasteiger partial charge in [0.05, 0.1) is 11.3 Å². The van der Waals surface area contributed by atoms with Crippen LogP contribution in [0.25, 0.3) is 28.0 Å². The highest BCUT2D eigenvalue weighted by molar-refractivity contribution is 5.85. The number of piperidine rings is 1. The summed E-state index contributed by atoms with van der Waals surface area (Å²) in [7, 11) is 0. The molecule has 5 heterocycles. The highest BCUT2D eigenvalue weighted by Crippen LogP contribution is 2.31. The zero-order valence-corrected chi connectivity index (χ0v) is 15.4. The molecule has 0 spiro atoms. The largest absolute Gasteiger partial charge is 0.382 e. The Labute approximate surface area is 162 Å². The lowest BCUT2D eigenvalue weighted by Crippen LogP contribution is -2.30. The Hall–Kier alpha value is -3.55. The minimum Gasteiger partial charge on any atom is -0.382 e. The second kappa shape index (κ2) is 6.88. The first-order valence-corrected chi connectivity index (χ1v) is 9.41. The first-order valence-electron chi connectivity index (χ1n) is 9.41. The molecule has 4 aromatic heterocycles. The summed E-state index contributed by atoms with van der Waals surface area (Å²) in [5.74, 6) is 1.33. The molecule has 8 nitrogen and oxygen atoms in total. The molecular weight excluding hydrogens is 352 g/mol. The van der Waals surface area contributed by atoms with Crippen molar-refractivity contribution in [2.24, 2.45) is 0 Å². The summed E-state index contributed by atoms with van der Waals surface area (Å²) in [5.41, 5.74) is 10.4. The summed E-state index contributed by atoms with van der Waals surface area (Å²) in [6.07, 6.45) is 12.5. The van der Waals surface area contributed by atoms with Crippen molar-refractivity contribution in [3.8, 4) is 22.4 Å². The first kappa shape index (κ1) is 16.6. The number of nitrogens with two attached hydrogens (primary N) is 1. The zero-order valence-electron chi connectivity index (χ0n) is 15.4. The van der Waals surface area contributed by atoms with Crippen LogP contribution in [0.2, 0.25) is 0 Å². The molecule has 0 saturated carbocycles. The highest BCUT2D eigenvalue weighted by Gasteiger charge is 2.18. The molecule has 8 heteroatoms. The average Bonchev–Trinajstić information content (AvgIpc) is 3.10. The first-order chi connectivity index (χ1) is 13.8. The van der Waals surface area contributed by atoms with E-state index in [1.807, 2.05) is 30.6 Å².